The molecule has 4 N–H and O–H groups in total. The summed E-state index contributed by atoms with van der Waals surface area (Å²) in [6, 6.07) is 12.3. The molecule has 2 amide bonds. The van der Waals surface area contributed by atoms with E-state index in [4.69, 9.17) is 25.6 Å². The van der Waals surface area contributed by atoms with Crippen molar-refractivity contribution in [1.29, 1.82) is 0 Å². The van der Waals surface area contributed by atoms with E-state index in [2.05, 4.69) is 4.98 Å². The van der Waals surface area contributed by atoms with Gasteiger partial charge < -0.3 is 13.9 Å². The van der Waals surface area contributed by atoms with Gasteiger partial charge in [-0.2, -0.15) is 4.98 Å². The summed E-state index contributed by atoms with van der Waals surface area (Å²) in [6.07, 6.45) is 1.58. The minimum Gasteiger partial charge on any atom is -0.496 e. The van der Waals surface area contributed by atoms with Crippen LogP contribution in [0.25, 0.3) is 11.3 Å². The van der Waals surface area contributed by atoms with Crippen molar-refractivity contribution in [1.82, 2.24) is 9.99 Å². The largest absolute Gasteiger partial charge is 0.496 e. The number of hydrazine groups is 2. The number of carbonyl (C=O) groups excluding carboxylic acids is 1. The first-order chi connectivity index (χ1) is 13.9. The quantitative estimate of drug-likeness (QED) is 0.373. The van der Waals surface area contributed by atoms with Gasteiger partial charge in [0.05, 0.1) is 12.8 Å². The zero-order valence-electron chi connectivity index (χ0n) is 16.5. The number of anilines is 1. The van der Waals surface area contributed by atoms with Crippen LogP contribution in [0.5, 0.6) is 11.8 Å². The van der Waals surface area contributed by atoms with Crippen LogP contribution in [-0.2, 0) is 6.61 Å². The van der Waals surface area contributed by atoms with E-state index < -0.39 is 6.03 Å². The zero-order valence-corrected chi connectivity index (χ0v) is 16.5. The Kier molecular flexibility index (Phi) is 6.01. The van der Waals surface area contributed by atoms with E-state index in [0.29, 0.717) is 22.7 Å². The Labute approximate surface area is 168 Å². The van der Waals surface area contributed by atoms with Crippen molar-refractivity contribution in [2.75, 3.05) is 19.2 Å². The summed E-state index contributed by atoms with van der Waals surface area (Å²) >= 11 is 0. The molecule has 9 nitrogen and oxygen atoms in total. The van der Waals surface area contributed by atoms with Gasteiger partial charge >= 0.3 is 12.1 Å². The maximum Gasteiger partial charge on any atom is 0.394 e. The lowest BCUT2D eigenvalue weighted by Gasteiger charge is -2.23. The summed E-state index contributed by atoms with van der Waals surface area (Å²) in [6.45, 7) is 1.99. The van der Waals surface area contributed by atoms with Gasteiger partial charge in [-0.25, -0.2) is 21.5 Å². The Balaban J connectivity index is 1.81. The molecule has 0 aliphatic heterocycles. The second kappa shape index (κ2) is 8.63. The second-order valence-corrected chi connectivity index (χ2v) is 6.32. The van der Waals surface area contributed by atoms with Crippen LogP contribution in [-0.4, -0.2) is 30.2 Å². The average molecular weight is 397 g/mol. The first-order valence-corrected chi connectivity index (χ1v) is 8.79. The van der Waals surface area contributed by atoms with Gasteiger partial charge in [0.2, 0.25) is 0 Å². The van der Waals surface area contributed by atoms with Crippen molar-refractivity contribution < 1.29 is 18.7 Å². The lowest BCUT2D eigenvalue weighted by molar-refractivity contribution is 0.214. The fourth-order valence-corrected chi connectivity index (χ4v) is 2.81. The Hall–Kier alpha value is -3.56. The molecule has 1 heterocycles. The highest BCUT2D eigenvalue weighted by Crippen LogP contribution is 2.31. The van der Waals surface area contributed by atoms with Gasteiger partial charge in [0, 0.05) is 18.2 Å². The van der Waals surface area contributed by atoms with Crippen molar-refractivity contribution in [3.05, 3.63) is 59.9 Å². The van der Waals surface area contributed by atoms with Crippen LogP contribution in [0.4, 0.5) is 10.5 Å². The molecular formula is C20H23N5O4. The highest BCUT2D eigenvalue weighted by atomic mass is 16.6. The van der Waals surface area contributed by atoms with Gasteiger partial charge in [-0.1, -0.05) is 24.3 Å². The number of nitrogens with two attached hydrogens (primary N) is 2. The summed E-state index contributed by atoms with van der Waals surface area (Å²) in [5, 5.41) is 1.88. The lowest BCUT2D eigenvalue weighted by atomic mass is 10.1. The summed E-state index contributed by atoms with van der Waals surface area (Å²) in [7, 11) is 3.01. The fourth-order valence-electron chi connectivity index (χ4n) is 2.81. The molecule has 0 saturated heterocycles. The molecule has 0 fully saturated rings. The predicted molar refractivity (Wildman–Crippen MR) is 108 cm³/mol. The highest BCUT2D eigenvalue weighted by Gasteiger charge is 2.20. The van der Waals surface area contributed by atoms with E-state index in [1.165, 1.54) is 13.3 Å². The van der Waals surface area contributed by atoms with Crippen LogP contribution in [0.1, 0.15) is 11.1 Å². The Morgan fingerprint density at radius 2 is 1.93 bits per heavy atom. The smallest absolute Gasteiger partial charge is 0.394 e. The van der Waals surface area contributed by atoms with Crippen LogP contribution < -0.4 is 26.2 Å². The van der Waals surface area contributed by atoms with Crippen molar-refractivity contribution in [2.45, 2.75) is 13.5 Å². The predicted octanol–water partition coefficient (Wildman–Crippen LogP) is 2.84. The number of hydrogen-bond acceptors (Lipinski definition) is 7. The molecule has 0 atom stereocenters. The Bertz CT molecular complexity index is 1000. The van der Waals surface area contributed by atoms with Crippen molar-refractivity contribution in [3.63, 3.8) is 0 Å². The number of oxazole rings is 1. The minimum atomic E-state index is -0.563. The Morgan fingerprint density at radius 3 is 2.66 bits per heavy atom. The highest BCUT2D eigenvalue weighted by molar-refractivity contribution is 5.91. The third kappa shape index (κ3) is 4.31. The normalized spacial score (nSPS) is 10.5. The maximum absolute atomic E-state index is 12.1. The van der Waals surface area contributed by atoms with Crippen LogP contribution in [0.15, 0.2) is 53.1 Å². The molecule has 1 aromatic heterocycles. The molecule has 0 aliphatic rings. The van der Waals surface area contributed by atoms with Crippen molar-refractivity contribution in [2.24, 2.45) is 11.7 Å². The molecular weight excluding hydrogens is 374 g/mol. The molecule has 0 radical (unpaired) electrons. The molecule has 29 heavy (non-hydrogen) atoms. The lowest BCUT2D eigenvalue weighted by Crippen LogP contribution is -2.49. The van der Waals surface area contributed by atoms with Gasteiger partial charge in [-0.05, 0) is 30.7 Å². The van der Waals surface area contributed by atoms with E-state index in [0.717, 1.165) is 21.1 Å². The first kappa shape index (κ1) is 20.2. The number of aryl methyl sites for hydroxylation is 1. The molecule has 9 heteroatoms. The van der Waals surface area contributed by atoms with Gasteiger partial charge in [-0.3, -0.25) is 5.01 Å². The molecule has 0 aliphatic carbocycles. The number of methoxy groups -OCH3 is 1. The number of rotatable bonds is 6. The maximum atomic E-state index is 12.1. The molecule has 3 aromatic rings. The third-order valence-electron chi connectivity index (χ3n) is 4.36. The summed E-state index contributed by atoms with van der Waals surface area (Å²) in [4.78, 5) is 16.5. The van der Waals surface area contributed by atoms with Gasteiger partial charge in [0.15, 0.2) is 0 Å². The van der Waals surface area contributed by atoms with E-state index in [-0.39, 0.29) is 12.7 Å². The number of carbonyl (C=O) groups is 1. The summed E-state index contributed by atoms with van der Waals surface area (Å²) < 4.78 is 16.5. The topological polar surface area (TPSA) is 120 Å². The molecule has 152 valence electrons. The number of nitrogens with zero attached hydrogens (tertiary/aromatic N) is 3. The van der Waals surface area contributed by atoms with E-state index in [1.54, 1.807) is 19.2 Å². The SMILES string of the molecule is COc1ccccc1-c1coc(OCc2c(C)cccc2N(N)C(=O)N(C)N)n1. The Morgan fingerprint density at radius 1 is 1.17 bits per heavy atom. The first-order valence-electron chi connectivity index (χ1n) is 8.79. The molecule has 0 spiro atoms. The zero-order chi connectivity index (χ0) is 21.0. The average Bonchev–Trinajstić information content (AvgIpc) is 3.20. The molecule has 0 unspecified atom stereocenters. The number of benzene rings is 2. The number of urea groups is 1. The molecule has 2 aromatic carbocycles. The van der Waals surface area contributed by atoms with Gasteiger partial charge in [0.25, 0.3) is 0 Å². The summed E-state index contributed by atoms with van der Waals surface area (Å²) in [5.74, 6) is 12.1. The van der Waals surface area contributed by atoms with Crippen LogP contribution in [0.2, 0.25) is 0 Å². The summed E-state index contributed by atoms with van der Waals surface area (Å²) in [5.41, 5.74) is 3.45. The van der Waals surface area contributed by atoms with Crippen LogP contribution in [0.3, 0.4) is 0 Å². The number of ether oxygens (including phenoxy) is 2. The van der Waals surface area contributed by atoms with Gasteiger partial charge in [-0.15, -0.1) is 0 Å². The standard InChI is InChI=1S/C20H23N5O4/c1-13-7-6-9-17(25(22)20(26)24(2)21)15(13)11-28-19-23-16(12-29-19)14-8-4-5-10-18(14)27-3/h4-10,12H,11,21-22H2,1-3H3. The monoisotopic (exact) mass is 397 g/mol. The molecule has 0 saturated carbocycles. The van der Waals surface area contributed by atoms with Crippen molar-refractivity contribution >= 4 is 11.7 Å². The number of hydrogen-bond donors (Lipinski definition) is 2. The fraction of sp³-hybridized carbons (Fsp3) is 0.200. The second-order valence-electron chi connectivity index (χ2n) is 6.32. The van der Waals surface area contributed by atoms with Crippen molar-refractivity contribution in [3.8, 4) is 23.1 Å². The number of amides is 2. The van der Waals surface area contributed by atoms with Gasteiger partial charge in [0.1, 0.15) is 24.3 Å². The molecule has 3 rings (SSSR count). The third-order valence-corrected chi connectivity index (χ3v) is 4.36. The van der Waals surface area contributed by atoms with Crippen LogP contribution >= 0.6 is 0 Å². The van der Waals surface area contributed by atoms with E-state index >= 15 is 0 Å². The van der Waals surface area contributed by atoms with E-state index in [9.17, 15) is 4.79 Å². The van der Waals surface area contributed by atoms with Crippen LogP contribution in [0, 0.1) is 6.92 Å². The van der Waals surface area contributed by atoms with E-state index in [1.807, 2.05) is 37.3 Å². The molecule has 0 bridgehead atoms. The number of aromatic nitrogens is 1. The number of para-hydroxylation sites is 1. The minimum absolute atomic E-state index is 0.0888.